The number of anilines is 1. The number of aryl methyl sites for hydroxylation is 1. The zero-order valence-corrected chi connectivity index (χ0v) is 10.8. The smallest absolute Gasteiger partial charge is 0.144 e. The van der Waals surface area contributed by atoms with Crippen LogP contribution in [0, 0.1) is 6.92 Å². The molecule has 0 bridgehead atoms. The molecule has 0 radical (unpaired) electrons. The number of ether oxygens (including phenoxy) is 1. The molecule has 0 aliphatic rings. The number of rotatable bonds is 2. The lowest BCUT2D eigenvalue weighted by Crippen LogP contribution is -1.96. The molecular weight excluding hydrogens is 214 g/mol. The Morgan fingerprint density at radius 1 is 1.29 bits per heavy atom. The van der Waals surface area contributed by atoms with Crippen LogP contribution in [0.15, 0.2) is 30.7 Å². The number of nitrogens with zero attached hydrogens (tertiary/aromatic N) is 2. The van der Waals surface area contributed by atoms with Crippen molar-refractivity contribution >= 4 is 5.69 Å². The molecule has 0 aliphatic heterocycles. The van der Waals surface area contributed by atoms with Crippen molar-refractivity contribution in [2.45, 2.75) is 20.8 Å². The van der Waals surface area contributed by atoms with Gasteiger partial charge in [-0.15, -0.1) is 0 Å². The van der Waals surface area contributed by atoms with E-state index in [1.165, 1.54) is 0 Å². The Morgan fingerprint density at radius 3 is 2.53 bits per heavy atom. The maximum absolute atomic E-state index is 5.68. The standard InChI is InChI=1S/C11H13N3O.C2H6/c1-8-6-14(7-13-8)10-4-3-9(12)5-11(10)15-2;1-2/h3-7H,12H2,1-2H3;1-2H3. The Balaban J connectivity index is 0.000000686. The van der Waals surface area contributed by atoms with Crippen molar-refractivity contribution in [3.63, 3.8) is 0 Å². The maximum atomic E-state index is 5.68. The van der Waals surface area contributed by atoms with E-state index in [-0.39, 0.29) is 0 Å². The number of aromatic nitrogens is 2. The van der Waals surface area contributed by atoms with Crippen LogP contribution in [0.4, 0.5) is 5.69 Å². The Labute approximate surface area is 102 Å². The highest BCUT2D eigenvalue weighted by Gasteiger charge is 2.05. The summed E-state index contributed by atoms with van der Waals surface area (Å²) in [5.74, 6) is 0.743. The first-order chi connectivity index (χ1) is 8.20. The van der Waals surface area contributed by atoms with Gasteiger partial charge >= 0.3 is 0 Å². The highest BCUT2D eigenvalue weighted by atomic mass is 16.5. The van der Waals surface area contributed by atoms with Gasteiger partial charge in [-0.2, -0.15) is 0 Å². The second kappa shape index (κ2) is 5.94. The molecule has 1 aromatic carbocycles. The molecule has 0 amide bonds. The normalized spacial score (nSPS) is 9.41. The van der Waals surface area contributed by atoms with E-state index in [0.29, 0.717) is 5.69 Å². The van der Waals surface area contributed by atoms with Gasteiger partial charge in [-0.05, 0) is 19.1 Å². The predicted octanol–water partition coefficient (Wildman–Crippen LogP) is 2.80. The van der Waals surface area contributed by atoms with Crippen LogP contribution in [0.25, 0.3) is 5.69 Å². The van der Waals surface area contributed by atoms with Gasteiger partial charge < -0.3 is 15.0 Å². The number of benzene rings is 1. The summed E-state index contributed by atoms with van der Waals surface area (Å²) in [6.07, 6.45) is 3.69. The van der Waals surface area contributed by atoms with Gasteiger partial charge in [0.2, 0.25) is 0 Å². The molecule has 4 heteroatoms. The van der Waals surface area contributed by atoms with E-state index in [1.54, 1.807) is 19.5 Å². The van der Waals surface area contributed by atoms with Crippen molar-refractivity contribution in [3.05, 3.63) is 36.4 Å². The molecule has 0 atom stereocenters. The van der Waals surface area contributed by atoms with Gasteiger partial charge in [-0.25, -0.2) is 4.98 Å². The molecule has 4 nitrogen and oxygen atoms in total. The fourth-order valence-corrected chi connectivity index (χ4v) is 1.46. The van der Waals surface area contributed by atoms with Gasteiger partial charge in [-0.3, -0.25) is 0 Å². The van der Waals surface area contributed by atoms with Crippen molar-refractivity contribution in [2.24, 2.45) is 0 Å². The lowest BCUT2D eigenvalue weighted by molar-refractivity contribution is 0.413. The molecule has 92 valence electrons. The summed E-state index contributed by atoms with van der Waals surface area (Å²) in [6, 6.07) is 5.55. The van der Waals surface area contributed by atoms with E-state index in [0.717, 1.165) is 17.1 Å². The quantitative estimate of drug-likeness (QED) is 0.811. The molecule has 17 heavy (non-hydrogen) atoms. The number of nitrogens with two attached hydrogens (primary N) is 1. The summed E-state index contributed by atoms with van der Waals surface area (Å²) in [5.41, 5.74) is 8.27. The monoisotopic (exact) mass is 233 g/mol. The third-order valence-electron chi connectivity index (χ3n) is 2.19. The lowest BCUT2D eigenvalue weighted by Gasteiger charge is -2.09. The third-order valence-corrected chi connectivity index (χ3v) is 2.19. The fourth-order valence-electron chi connectivity index (χ4n) is 1.46. The van der Waals surface area contributed by atoms with Crippen LogP contribution < -0.4 is 10.5 Å². The third kappa shape index (κ3) is 3.00. The van der Waals surface area contributed by atoms with Crippen molar-refractivity contribution < 1.29 is 4.74 Å². The van der Waals surface area contributed by atoms with Crippen LogP contribution in [-0.2, 0) is 0 Å². The van der Waals surface area contributed by atoms with E-state index >= 15 is 0 Å². The molecule has 0 spiro atoms. The van der Waals surface area contributed by atoms with E-state index in [2.05, 4.69) is 4.98 Å². The summed E-state index contributed by atoms with van der Waals surface area (Å²) < 4.78 is 7.17. The molecule has 0 unspecified atom stereocenters. The van der Waals surface area contributed by atoms with Crippen LogP contribution in [0.3, 0.4) is 0 Å². The topological polar surface area (TPSA) is 53.1 Å². The zero-order valence-electron chi connectivity index (χ0n) is 10.8. The molecule has 2 rings (SSSR count). The first kappa shape index (κ1) is 13.1. The molecular formula is C13H19N3O. The van der Waals surface area contributed by atoms with Crippen LogP contribution >= 0.6 is 0 Å². The Morgan fingerprint density at radius 2 is 2.00 bits per heavy atom. The van der Waals surface area contributed by atoms with Crippen molar-refractivity contribution in [2.75, 3.05) is 12.8 Å². The lowest BCUT2D eigenvalue weighted by atomic mass is 10.2. The summed E-state index contributed by atoms with van der Waals surface area (Å²) in [6.45, 7) is 5.94. The molecule has 2 aromatic rings. The van der Waals surface area contributed by atoms with Gasteiger partial charge in [0.15, 0.2) is 0 Å². The zero-order chi connectivity index (χ0) is 12.8. The van der Waals surface area contributed by atoms with E-state index in [1.807, 2.05) is 43.7 Å². The van der Waals surface area contributed by atoms with Crippen LogP contribution in [0.2, 0.25) is 0 Å². The number of nitrogen functional groups attached to an aromatic ring is 1. The second-order valence-corrected chi connectivity index (χ2v) is 3.35. The summed E-state index contributed by atoms with van der Waals surface area (Å²) in [5, 5.41) is 0. The number of imidazole rings is 1. The van der Waals surface area contributed by atoms with Gasteiger partial charge in [0.05, 0.1) is 24.8 Å². The van der Waals surface area contributed by atoms with Gasteiger partial charge in [0.1, 0.15) is 5.75 Å². The first-order valence-corrected chi connectivity index (χ1v) is 5.65. The first-order valence-electron chi connectivity index (χ1n) is 5.65. The van der Waals surface area contributed by atoms with Gasteiger partial charge in [0.25, 0.3) is 0 Å². The Kier molecular flexibility index (Phi) is 4.57. The largest absolute Gasteiger partial charge is 0.494 e. The van der Waals surface area contributed by atoms with Crippen LogP contribution in [-0.4, -0.2) is 16.7 Å². The molecule has 0 saturated carbocycles. The minimum Gasteiger partial charge on any atom is -0.494 e. The molecule has 0 saturated heterocycles. The van der Waals surface area contributed by atoms with Crippen molar-refractivity contribution in [3.8, 4) is 11.4 Å². The average molecular weight is 233 g/mol. The molecule has 0 aliphatic carbocycles. The molecule has 1 aromatic heterocycles. The summed E-state index contributed by atoms with van der Waals surface area (Å²) in [4.78, 5) is 4.17. The van der Waals surface area contributed by atoms with Crippen LogP contribution in [0.1, 0.15) is 19.5 Å². The van der Waals surface area contributed by atoms with Crippen LogP contribution in [0.5, 0.6) is 5.75 Å². The van der Waals surface area contributed by atoms with E-state index in [4.69, 9.17) is 10.5 Å². The average Bonchev–Trinajstić information content (AvgIpc) is 2.78. The highest BCUT2D eigenvalue weighted by molar-refractivity contribution is 5.55. The molecule has 0 fully saturated rings. The SMILES string of the molecule is CC.COc1cc(N)ccc1-n1cnc(C)c1. The Bertz CT molecular complexity index is 477. The minimum atomic E-state index is 0.687. The summed E-state index contributed by atoms with van der Waals surface area (Å²) in [7, 11) is 1.63. The number of methoxy groups -OCH3 is 1. The minimum absolute atomic E-state index is 0.687. The van der Waals surface area contributed by atoms with Crippen molar-refractivity contribution in [1.29, 1.82) is 0 Å². The second-order valence-electron chi connectivity index (χ2n) is 3.35. The predicted molar refractivity (Wildman–Crippen MR) is 70.6 cm³/mol. The van der Waals surface area contributed by atoms with E-state index in [9.17, 15) is 0 Å². The number of hydrogen-bond acceptors (Lipinski definition) is 3. The van der Waals surface area contributed by atoms with Gasteiger partial charge in [-0.1, -0.05) is 13.8 Å². The van der Waals surface area contributed by atoms with Gasteiger partial charge in [0, 0.05) is 18.0 Å². The summed E-state index contributed by atoms with van der Waals surface area (Å²) >= 11 is 0. The Hall–Kier alpha value is -1.97. The van der Waals surface area contributed by atoms with Crippen molar-refractivity contribution in [1.82, 2.24) is 9.55 Å². The number of hydrogen-bond donors (Lipinski definition) is 1. The fraction of sp³-hybridized carbons (Fsp3) is 0.308. The molecule has 2 N–H and O–H groups in total. The maximum Gasteiger partial charge on any atom is 0.144 e. The molecule has 1 heterocycles. The highest BCUT2D eigenvalue weighted by Crippen LogP contribution is 2.25. The van der Waals surface area contributed by atoms with E-state index < -0.39 is 0 Å².